The number of esters is 1. The Morgan fingerprint density at radius 3 is 2.34 bits per heavy atom. The molecule has 0 unspecified atom stereocenters. The first-order valence-electron chi connectivity index (χ1n) is 9.56. The second-order valence-corrected chi connectivity index (χ2v) is 6.79. The standard InChI is InChI=1S/C22H23NO6/c1-3-23(4-2)9-6-10-29-22(28)13-11-15-19(17(25)12-13)21(27)18-14(20(15)26)7-5-8-16(18)24/h5,7-8,11-12,24-25H,3-4,6,9-10H2,1-2H3. The van der Waals surface area contributed by atoms with Crippen LogP contribution in [0.3, 0.4) is 0 Å². The molecular formula is C22H23NO6. The van der Waals surface area contributed by atoms with Crippen LogP contribution in [0.4, 0.5) is 0 Å². The van der Waals surface area contributed by atoms with Gasteiger partial charge in [0.15, 0.2) is 5.78 Å². The van der Waals surface area contributed by atoms with E-state index in [4.69, 9.17) is 4.74 Å². The molecular weight excluding hydrogens is 374 g/mol. The summed E-state index contributed by atoms with van der Waals surface area (Å²) in [6.45, 7) is 6.94. The van der Waals surface area contributed by atoms with Crippen LogP contribution in [0.2, 0.25) is 0 Å². The zero-order valence-corrected chi connectivity index (χ0v) is 16.4. The van der Waals surface area contributed by atoms with Crippen LogP contribution < -0.4 is 0 Å². The van der Waals surface area contributed by atoms with Gasteiger partial charge in [0.1, 0.15) is 11.5 Å². The van der Waals surface area contributed by atoms with Crippen LogP contribution in [-0.4, -0.2) is 58.9 Å². The number of ether oxygens (including phenoxy) is 1. The Bertz CT molecular complexity index is 978. The maximum atomic E-state index is 12.8. The van der Waals surface area contributed by atoms with Crippen LogP contribution in [0.15, 0.2) is 30.3 Å². The van der Waals surface area contributed by atoms with Crippen LogP contribution in [-0.2, 0) is 4.74 Å². The molecule has 7 heteroatoms. The Hall–Kier alpha value is -3.19. The normalized spacial score (nSPS) is 12.7. The van der Waals surface area contributed by atoms with Crippen molar-refractivity contribution in [2.45, 2.75) is 20.3 Å². The zero-order valence-electron chi connectivity index (χ0n) is 16.4. The second kappa shape index (κ2) is 8.45. The van der Waals surface area contributed by atoms with E-state index in [2.05, 4.69) is 18.7 Å². The third kappa shape index (κ3) is 3.86. The minimum Gasteiger partial charge on any atom is -0.507 e. The number of hydrogen-bond donors (Lipinski definition) is 2. The van der Waals surface area contributed by atoms with Gasteiger partial charge in [-0.3, -0.25) is 9.59 Å². The number of carbonyl (C=O) groups excluding carboxylic acids is 3. The van der Waals surface area contributed by atoms with Crippen molar-refractivity contribution >= 4 is 17.5 Å². The highest BCUT2D eigenvalue weighted by Crippen LogP contribution is 2.37. The average molecular weight is 397 g/mol. The van der Waals surface area contributed by atoms with Gasteiger partial charge in [0.2, 0.25) is 5.78 Å². The largest absolute Gasteiger partial charge is 0.507 e. The Kier molecular flexibility index (Phi) is 5.98. The van der Waals surface area contributed by atoms with Crippen molar-refractivity contribution in [3.05, 3.63) is 58.1 Å². The van der Waals surface area contributed by atoms with Crippen molar-refractivity contribution in [3.63, 3.8) is 0 Å². The molecule has 0 atom stereocenters. The summed E-state index contributed by atoms with van der Waals surface area (Å²) >= 11 is 0. The van der Waals surface area contributed by atoms with Crippen molar-refractivity contribution in [1.29, 1.82) is 0 Å². The van der Waals surface area contributed by atoms with Gasteiger partial charge in [-0.25, -0.2) is 4.79 Å². The molecule has 2 aromatic rings. The number of aromatic hydroxyl groups is 2. The lowest BCUT2D eigenvalue weighted by Gasteiger charge is -2.20. The van der Waals surface area contributed by atoms with Gasteiger partial charge in [-0.1, -0.05) is 26.0 Å². The molecule has 29 heavy (non-hydrogen) atoms. The van der Waals surface area contributed by atoms with Crippen molar-refractivity contribution < 1.29 is 29.3 Å². The lowest BCUT2D eigenvalue weighted by Crippen LogP contribution is -2.25. The molecule has 2 aromatic carbocycles. The summed E-state index contributed by atoms with van der Waals surface area (Å²) in [6, 6.07) is 6.55. The highest BCUT2D eigenvalue weighted by molar-refractivity contribution is 6.30. The molecule has 3 rings (SSSR count). The summed E-state index contributed by atoms with van der Waals surface area (Å²) in [5.41, 5.74) is -0.419. The molecule has 0 saturated heterocycles. The van der Waals surface area contributed by atoms with Crippen LogP contribution >= 0.6 is 0 Å². The monoisotopic (exact) mass is 397 g/mol. The van der Waals surface area contributed by atoms with Crippen molar-refractivity contribution in [3.8, 4) is 11.5 Å². The number of benzene rings is 2. The van der Waals surface area contributed by atoms with Crippen molar-refractivity contribution in [2.75, 3.05) is 26.2 Å². The lowest BCUT2D eigenvalue weighted by atomic mass is 9.82. The molecule has 0 amide bonds. The number of ketones is 2. The molecule has 0 heterocycles. The first-order chi connectivity index (χ1) is 13.9. The number of nitrogens with zero attached hydrogens (tertiary/aromatic N) is 1. The van der Waals surface area contributed by atoms with E-state index in [0.717, 1.165) is 25.7 Å². The fourth-order valence-electron chi connectivity index (χ4n) is 3.48. The maximum absolute atomic E-state index is 12.8. The Balaban J connectivity index is 1.82. The number of carbonyl (C=O) groups is 3. The molecule has 0 aliphatic heterocycles. The molecule has 0 bridgehead atoms. The summed E-state index contributed by atoms with van der Waals surface area (Å²) in [6.07, 6.45) is 0.661. The second-order valence-electron chi connectivity index (χ2n) is 6.79. The smallest absolute Gasteiger partial charge is 0.338 e. The predicted molar refractivity (Wildman–Crippen MR) is 106 cm³/mol. The molecule has 1 aliphatic carbocycles. The SMILES string of the molecule is CCN(CC)CCCOC(=O)c1cc(O)c2c(c1)C(=O)c1cccc(O)c1C2=O. The van der Waals surface area contributed by atoms with Crippen LogP contribution in [0, 0.1) is 0 Å². The Morgan fingerprint density at radius 1 is 0.966 bits per heavy atom. The summed E-state index contributed by atoms with van der Waals surface area (Å²) in [7, 11) is 0. The third-order valence-electron chi connectivity index (χ3n) is 5.09. The highest BCUT2D eigenvalue weighted by Gasteiger charge is 2.35. The van der Waals surface area contributed by atoms with Gasteiger partial charge in [0.05, 0.1) is 23.3 Å². The van der Waals surface area contributed by atoms with Crippen molar-refractivity contribution in [1.82, 2.24) is 4.90 Å². The Morgan fingerprint density at radius 2 is 1.66 bits per heavy atom. The number of phenolic OH excluding ortho intramolecular Hbond substituents is 2. The van der Waals surface area contributed by atoms with E-state index in [0.29, 0.717) is 6.42 Å². The third-order valence-corrected chi connectivity index (χ3v) is 5.09. The summed E-state index contributed by atoms with van der Waals surface area (Å²) in [4.78, 5) is 40.1. The van der Waals surface area contributed by atoms with Crippen LogP contribution in [0.1, 0.15) is 62.5 Å². The Labute approximate surface area is 168 Å². The molecule has 0 fully saturated rings. The fourth-order valence-corrected chi connectivity index (χ4v) is 3.48. The van der Waals surface area contributed by atoms with Gasteiger partial charge in [-0.2, -0.15) is 0 Å². The predicted octanol–water partition coefficient (Wildman–Crippen LogP) is 2.76. The highest BCUT2D eigenvalue weighted by atomic mass is 16.5. The first kappa shape index (κ1) is 20.5. The topological polar surface area (TPSA) is 104 Å². The van der Waals surface area contributed by atoms with Crippen molar-refractivity contribution in [2.24, 2.45) is 0 Å². The van der Waals surface area contributed by atoms with E-state index in [1.807, 2.05) is 0 Å². The van der Waals surface area contributed by atoms with Gasteiger partial charge in [-0.15, -0.1) is 0 Å². The number of phenols is 2. The summed E-state index contributed by atoms with van der Waals surface area (Å²) < 4.78 is 5.25. The van der Waals surface area contributed by atoms with E-state index < -0.39 is 23.3 Å². The van der Waals surface area contributed by atoms with E-state index >= 15 is 0 Å². The fraction of sp³-hybridized carbons (Fsp3) is 0.318. The molecule has 152 valence electrons. The van der Waals surface area contributed by atoms with Gasteiger partial charge >= 0.3 is 5.97 Å². The summed E-state index contributed by atoms with van der Waals surface area (Å²) in [5, 5.41) is 20.3. The molecule has 0 radical (unpaired) electrons. The van der Waals surface area contributed by atoms with Gasteiger partial charge in [-0.05, 0) is 37.7 Å². The average Bonchev–Trinajstić information content (AvgIpc) is 2.71. The molecule has 0 saturated carbocycles. The minimum absolute atomic E-state index is 0.00570. The molecule has 0 spiro atoms. The van der Waals surface area contributed by atoms with Gasteiger partial charge < -0.3 is 19.8 Å². The van der Waals surface area contributed by atoms with E-state index in [9.17, 15) is 24.6 Å². The van der Waals surface area contributed by atoms with Gasteiger partial charge in [0, 0.05) is 17.7 Å². The molecule has 0 aromatic heterocycles. The van der Waals surface area contributed by atoms with E-state index in [1.54, 1.807) is 0 Å². The number of fused-ring (bicyclic) bond motifs is 2. The zero-order chi connectivity index (χ0) is 21.1. The number of rotatable bonds is 7. The summed E-state index contributed by atoms with van der Waals surface area (Å²) in [5.74, 6) is -2.71. The molecule has 7 nitrogen and oxygen atoms in total. The maximum Gasteiger partial charge on any atom is 0.338 e. The molecule has 1 aliphatic rings. The minimum atomic E-state index is -0.676. The van der Waals surface area contributed by atoms with Gasteiger partial charge in [0.25, 0.3) is 0 Å². The van der Waals surface area contributed by atoms with E-state index in [1.165, 1.54) is 24.3 Å². The number of hydrogen-bond acceptors (Lipinski definition) is 7. The van der Waals surface area contributed by atoms with E-state index in [-0.39, 0.29) is 40.2 Å². The lowest BCUT2D eigenvalue weighted by molar-refractivity contribution is 0.0488. The first-order valence-corrected chi connectivity index (χ1v) is 9.56. The molecule has 2 N–H and O–H groups in total. The van der Waals surface area contributed by atoms with Crippen LogP contribution in [0.5, 0.6) is 11.5 Å². The quantitative estimate of drug-likeness (QED) is 0.467. The van der Waals surface area contributed by atoms with Crippen LogP contribution in [0.25, 0.3) is 0 Å².